The number of nitrogens with two attached hydrogens (primary N) is 1. The van der Waals surface area contributed by atoms with Gasteiger partial charge in [0.1, 0.15) is 5.82 Å². The maximum atomic E-state index is 12.7. The largest absolute Gasteiger partial charge is 0.481 e. The molecule has 0 aliphatic rings. The van der Waals surface area contributed by atoms with Gasteiger partial charge in [0.2, 0.25) is 11.8 Å². The van der Waals surface area contributed by atoms with Crippen molar-refractivity contribution in [1.29, 1.82) is 0 Å². The summed E-state index contributed by atoms with van der Waals surface area (Å²) in [7, 11) is -1.28. The number of nitrogens with one attached hydrogen (secondary N) is 3. The van der Waals surface area contributed by atoms with E-state index in [4.69, 9.17) is 15.2 Å². The van der Waals surface area contributed by atoms with Crippen molar-refractivity contribution < 1.29 is 22.7 Å². The molecule has 0 aliphatic carbocycles. The summed E-state index contributed by atoms with van der Waals surface area (Å²) in [5, 5.41) is 2.83. The number of rotatable bonds is 9. The zero-order chi connectivity index (χ0) is 24.0. The predicted octanol–water partition coefficient (Wildman–Crippen LogP) is 0.691. The van der Waals surface area contributed by atoms with Gasteiger partial charge in [0.25, 0.3) is 15.6 Å². The number of carbonyl (C=O) groups excluding carboxylic acids is 1. The molecule has 3 aromatic rings. The fraction of sp³-hybridized carbons (Fsp3) is 0.167. The molecule has 0 fully saturated rings. The fourth-order valence-corrected chi connectivity index (χ4v) is 4.09. The fourth-order valence-electron chi connectivity index (χ4n) is 2.42. The molecule has 0 atom stereocenters. The van der Waals surface area contributed by atoms with Gasteiger partial charge in [0.05, 0.1) is 24.9 Å². The Kier molecular flexibility index (Phi) is 7.34. The van der Waals surface area contributed by atoms with Crippen molar-refractivity contribution in [1.82, 2.24) is 19.9 Å². The van der Waals surface area contributed by atoms with E-state index in [-0.39, 0.29) is 45.2 Å². The van der Waals surface area contributed by atoms with Gasteiger partial charge < -0.3 is 25.5 Å². The van der Waals surface area contributed by atoms with Gasteiger partial charge in [-0.3, -0.25) is 14.3 Å². The highest BCUT2D eigenvalue weighted by Gasteiger charge is 2.17. The number of hydrogen-bond donors (Lipinski definition) is 4. The quantitative estimate of drug-likeness (QED) is 0.242. The lowest BCUT2D eigenvalue weighted by molar-refractivity contribution is -0.113. The van der Waals surface area contributed by atoms with E-state index in [1.54, 1.807) is 0 Å². The second kappa shape index (κ2) is 10.2. The molecule has 13 nitrogen and oxygen atoms in total. The van der Waals surface area contributed by atoms with Crippen LogP contribution in [-0.4, -0.2) is 54.2 Å². The number of hydrogen-bond acceptors (Lipinski definition) is 11. The molecule has 1 aromatic carbocycles. The summed E-state index contributed by atoms with van der Waals surface area (Å²) in [6, 6.07) is 7.86. The Balaban J connectivity index is 1.64. The summed E-state index contributed by atoms with van der Waals surface area (Å²) in [6.45, 7) is 0. The number of benzene rings is 1. The number of aromatic amines is 1. The van der Waals surface area contributed by atoms with Gasteiger partial charge in [0, 0.05) is 17.8 Å². The van der Waals surface area contributed by atoms with Crippen LogP contribution in [0.4, 0.5) is 17.3 Å². The summed E-state index contributed by atoms with van der Waals surface area (Å²) in [4.78, 5) is 37.7. The van der Waals surface area contributed by atoms with Crippen LogP contribution < -0.4 is 30.8 Å². The van der Waals surface area contributed by atoms with Gasteiger partial charge in [-0.05, 0) is 24.3 Å². The van der Waals surface area contributed by atoms with E-state index in [0.717, 1.165) is 17.8 Å². The molecule has 0 saturated heterocycles. The Morgan fingerprint density at radius 2 is 1.85 bits per heavy atom. The average molecular weight is 494 g/mol. The smallest absolute Gasteiger partial charge is 0.321 e. The number of anilines is 3. The molecular weight excluding hydrogens is 474 g/mol. The van der Waals surface area contributed by atoms with E-state index in [1.165, 1.54) is 44.6 Å². The van der Waals surface area contributed by atoms with Crippen LogP contribution in [0.15, 0.2) is 51.2 Å². The van der Waals surface area contributed by atoms with E-state index in [9.17, 15) is 18.0 Å². The highest BCUT2D eigenvalue weighted by Crippen LogP contribution is 2.22. The van der Waals surface area contributed by atoms with Crippen LogP contribution in [-0.2, 0) is 14.8 Å². The Bertz CT molecular complexity index is 1290. The van der Waals surface area contributed by atoms with Crippen molar-refractivity contribution in [2.24, 2.45) is 0 Å². The number of methoxy groups -OCH3 is 2. The van der Waals surface area contributed by atoms with E-state index in [1.807, 2.05) is 0 Å². The van der Waals surface area contributed by atoms with Crippen LogP contribution in [0.1, 0.15) is 0 Å². The van der Waals surface area contributed by atoms with Crippen molar-refractivity contribution >= 4 is 45.0 Å². The van der Waals surface area contributed by atoms with E-state index in [0.29, 0.717) is 5.69 Å². The Morgan fingerprint density at radius 3 is 2.48 bits per heavy atom. The summed E-state index contributed by atoms with van der Waals surface area (Å²) < 4.78 is 37.6. The lowest BCUT2D eigenvalue weighted by Gasteiger charge is -2.10. The lowest BCUT2D eigenvalue weighted by Crippen LogP contribution is -2.16. The van der Waals surface area contributed by atoms with Gasteiger partial charge in [0.15, 0.2) is 11.0 Å². The standard InChI is InChI=1S/C18H19N7O6S2/c1-30-16-8-13(22-17(24-16)31-2)25-33(28,29)11-5-3-10(4-6-11)20-15(27)9-32-18-21-12(19)7-14(26)23-18/h3-8H,9H2,1-2H3,(H,20,27)(H,22,24,25)(H3,19,21,23,26). The summed E-state index contributed by atoms with van der Waals surface area (Å²) >= 11 is 0.994. The number of sulfonamides is 1. The highest BCUT2D eigenvalue weighted by atomic mass is 32.2. The molecule has 1 amide bonds. The van der Waals surface area contributed by atoms with Crippen molar-refractivity contribution in [3.8, 4) is 11.9 Å². The minimum Gasteiger partial charge on any atom is -0.481 e. The number of nitrogen functional groups attached to an aromatic ring is 1. The Hall–Kier alpha value is -3.85. The van der Waals surface area contributed by atoms with Crippen molar-refractivity contribution in [3.63, 3.8) is 0 Å². The maximum absolute atomic E-state index is 12.7. The van der Waals surface area contributed by atoms with Crippen LogP contribution in [0.2, 0.25) is 0 Å². The summed E-state index contributed by atoms with van der Waals surface area (Å²) in [6.07, 6.45) is 0. The Labute approximate surface area is 192 Å². The topological polar surface area (TPSA) is 191 Å². The average Bonchev–Trinajstić information content (AvgIpc) is 2.77. The number of carbonyl (C=O) groups is 1. The molecule has 2 aromatic heterocycles. The first kappa shape index (κ1) is 23.8. The minimum atomic E-state index is -3.98. The summed E-state index contributed by atoms with van der Waals surface area (Å²) in [5.74, 6) is -0.315. The van der Waals surface area contributed by atoms with Crippen LogP contribution >= 0.6 is 11.8 Å². The molecule has 0 saturated carbocycles. The highest BCUT2D eigenvalue weighted by molar-refractivity contribution is 7.99. The number of thioether (sulfide) groups is 1. The molecule has 33 heavy (non-hydrogen) atoms. The zero-order valence-electron chi connectivity index (χ0n) is 17.4. The number of amides is 1. The monoisotopic (exact) mass is 493 g/mol. The number of H-pyrrole nitrogens is 1. The lowest BCUT2D eigenvalue weighted by atomic mass is 10.3. The SMILES string of the molecule is COc1cc(NS(=O)(=O)c2ccc(NC(=O)CSc3nc(N)cc(=O)[nH]3)cc2)nc(OC)n1. The predicted molar refractivity (Wildman–Crippen MR) is 121 cm³/mol. The molecule has 5 N–H and O–H groups in total. The molecule has 0 bridgehead atoms. The molecule has 0 aliphatic heterocycles. The van der Waals surface area contributed by atoms with E-state index in [2.05, 4.69) is 30.0 Å². The van der Waals surface area contributed by atoms with E-state index < -0.39 is 15.6 Å². The van der Waals surface area contributed by atoms with Crippen LogP contribution in [0, 0.1) is 0 Å². The first-order chi connectivity index (χ1) is 15.7. The number of ether oxygens (including phenoxy) is 2. The normalized spacial score (nSPS) is 11.0. The maximum Gasteiger partial charge on any atom is 0.321 e. The van der Waals surface area contributed by atoms with Crippen LogP contribution in [0.25, 0.3) is 0 Å². The molecular formula is C18H19N7O6S2. The molecule has 0 spiro atoms. The van der Waals surface area contributed by atoms with Crippen molar-refractivity contribution in [3.05, 3.63) is 46.8 Å². The Morgan fingerprint density at radius 1 is 1.12 bits per heavy atom. The first-order valence-corrected chi connectivity index (χ1v) is 11.5. The van der Waals surface area contributed by atoms with Gasteiger partial charge in [-0.1, -0.05) is 11.8 Å². The first-order valence-electron chi connectivity index (χ1n) is 9.08. The van der Waals surface area contributed by atoms with Gasteiger partial charge in [-0.2, -0.15) is 9.97 Å². The van der Waals surface area contributed by atoms with Gasteiger partial charge in [-0.25, -0.2) is 13.4 Å². The number of nitrogens with zero attached hydrogens (tertiary/aromatic N) is 3. The molecule has 15 heteroatoms. The van der Waals surface area contributed by atoms with E-state index >= 15 is 0 Å². The van der Waals surface area contributed by atoms with Crippen molar-refractivity contribution in [2.75, 3.05) is 35.7 Å². The molecule has 0 unspecified atom stereocenters. The third kappa shape index (κ3) is 6.56. The molecule has 0 radical (unpaired) electrons. The molecule has 3 rings (SSSR count). The molecule has 2 heterocycles. The van der Waals surface area contributed by atoms with Gasteiger partial charge in [-0.15, -0.1) is 0 Å². The summed E-state index contributed by atoms with van der Waals surface area (Å²) in [5.41, 5.74) is 5.45. The van der Waals surface area contributed by atoms with Crippen LogP contribution in [0.3, 0.4) is 0 Å². The van der Waals surface area contributed by atoms with Crippen molar-refractivity contribution in [2.45, 2.75) is 10.1 Å². The minimum absolute atomic E-state index is 0.0405. The third-order valence-corrected chi connectivity index (χ3v) is 6.08. The van der Waals surface area contributed by atoms with Gasteiger partial charge >= 0.3 is 6.01 Å². The number of aromatic nitrogens is 4. The second-order valence-corrected chi connectivity index (χ2v) is 8.87. The zero-order valence-corrected chi connectivity index (χ0v) is 19.0. The second-order valence-electron chi connectivity index (χ2n) is 6.22. The third-order valence-electron chi connectivity index (χ3n) is 3.84. The molecule has 174 valence electrons. The van der Waals surface area contributed by atoms with Crippen LogP contribution in [0.5, 0.6) is 11.9 Å².